The molecule has 2 aliphatic rings. The molecule has 2 fully saturated rings. The van der Waals surface area contributed by atoms with Crippen LogP contribution in [-0.2, 0) is 4.79 Å². The Hall–Kier alpha value is -0.610. The summed E-state index contributed by atoms with van der Waals surface area (Å²) in [4.78, 5) is 12.1. The largest absolute Gasteiger partial charge is 0.393 e. The van der Waals surface area contributed by atoms with E-state index in [4.69, 9.17) is 5.73 Å². The molecule has 104 valence electrons. The van der Waals surface area contributed by atoms with Crippen molar-refractivity contribution in [3.05, 3.63) is 0 Å². The third kappa shape index (κ3) is 3.23. The number of amides is 1. The van der Waals surface area contributed by atoms with E-state index >= 15 is 0 Å². The SMILES string of the molecule is NCC1CCCC1C(=O)NCC1CCCCC1O. The fraction of sp³-hybridized carbons (Fsp3) is 0.929. The molecule has 2 aliphatic carbocycles. The van der Waals surface area contributed by atoms with E-state index in [9.17, 15) is 9.90 Å². The van der Waals surface area contributed by atoms with Crippen molar-refractivity contribution in [2.45, 2.75) is 51.0 Å². The molecule has 0 saturated heterocycles. The van der Waals surface area contributed by atoms with Gasteiger partial charge in [0.1, 0.15) is 0 Å². The Morgan fingerprint density at radius 2 is 1.83 bits per heavy atom. The Kier molecular flexibility index (Phi) is 5.01. The van der Waals surface area contributed by atoms with Gasteiger partial charge in [-0.05, 0) is 38.1 Å². The quantitative estimate of drug-likeness (QED) is 0.701. The van der Waals surface area contributed by atoms with Crippen molar-refractivity contribution in [2.75, 3.05) is 13.1 Å². The number of hydrogen-bond donors (Lipinski definition) is 3. The number of aliphatic hydroxyl groups is 1. The Labute approximate surface area is 109 Å². The molecular weight excluding hydrogens is 228 g/mol. The monoisotopic (exact) mass is 254 g/mol. The second kappa shape index (κ2) is 6.53. The minimum absolute atomic E-state index is 0.107. The number of nitrogens with two attached hydrogens (primary N) is 1. The van der Waals surface area contributed by atoms with Crippen molar-refractivity contribution in [1.82, 2.24) is 5.32 Å². The maximum atomic E-state index is 12.1. The normalized spacial score (nSPS) is 36.6. The first-order valence-electron chi connectivity index (χ1n) is 7.38. The smallest absolute Gasteiger partial charge is 0.223 e. The molecule has 4 atom stereocenters. The van der Waals surface area contributed by atoms with Crippen molar-refractivity contribution in [1.29, 1.82) is 0 Å². The average molecular weight is 254 g/mol. The van der Waals surface area contributed by atoms with E-state index in [-0.39, 0.29) is 23.8 Å². The van der Waals surface area contributed by atoms with Gasteiger partial charge in [0.05, 0.1) is 6.10 Å². The Morgan fingerprint density at radius 3 is 2.56 bits per heavy atom. The van der Waals surface area contributed by atoms with Crippen molar-refractivity contribution >= 4 is 5.91 Å². The fourth-order valence-corrected chi connectivity index (χ4v) is 3.45. The molecule has 2 saturated carbocycles. The first kappa shape index (κ1) is 13.8. The Balaban J connectivity index is 1.77. The van der Waals surface area contributed by atoms with Crippen LogP contribution < -0.4 is 11.1 Å². The molecule has 4 unspecified atom stereocenters. The van der Waals surface area contributed by atoms with Crippen LogP contribution in [0.4, 0.5) is 0 Å². The van der Waals surface area contributed by atoms with E-state index in [0.29, 0.717) is 19.0 Å². The highest BCUT2D eigenvalue weighted by Crippen LogP contribution is 2.31. The van der Waals surface area contributed by atoms with Crippen molar-refractivity contribution < 1.29 is 9.90 Å². The summed E-state index contributed by atoms with van der Waals surface area (Å²) in [5, 5.41) is 12.9. The molecule has 0 aliphatic heterocycles. The second-order valence-electron chi connectivity index (χ2n) is 5.89. The van der Waals surface area contributed by atoms with Gasteiger partial charge in [-0.15, -0.1) is 0 Å². The summed E-state index contributed by atoms with van der Waals surface area (Å²) < 4.78 is 0. The highest BCUT2D eigenvalue weighted by Gasteiger charge is 2.32. The molecule has 4 heteroatoms. The lowest BCUT2D eigenvalue weighted by Crippen LogP contribution is -2.41. The van der Waals surface area contributed by atoms with Crippen molar-refractivity contribution in [3.8, 4) is 0 Å². The lowest BCUT2D eigenvalue weighted by Gasteiger charge is -2.28. The molecule has 4 N–H and O–H groups in total. The summed E-state index contributed by atoms with van der Waals surface area (Å²) in [7, 11) is 0. The van der Waals surface area contributed by atoms with Gasteiger partial charge in [-0.25, -0.2) is 0 Å². The van der Waals surface area contributed by atoms with Gasteiger partial charge in [0.2, 0.25) is 5.91 Å². The van der Waals surface area contributed by atoms with E-state index < -0.39 is 0 Å². The van der Waals surface area contributed by atoms with Gasteiger partial charge in [0.25, 0.3) is 0 Å². The predicted molar refractivity (Wildman–Crippen MR) is 70.9 cm³/mol. The van der Waals surface area contributed by atoms with E-state index in [1.54, 1.807) is 0 Å². The maximum absolute atomic E-state index is 12.1. The Morgan fingerprint density at radius 1 is 1.11 bits per heavy atom. The predicted octanol–water partition coefficient (Wildman–Crippen LogP) is 1.03. The standard InChI is InChI=1S/C14H26N2O2/c15-8-10-5-3-6-12(10)14(18)16-9-11-4-1-2-7-13(11)17/h10-13,17H,1-9,15H2,(H,16,18). The van der Waals surface area contributed by atoms with Gasteiger partial charge in [0, 0.05) is 18.4 Å². The summed E-state index contributed by atoms with van der Waals surface area (Å²) >= 11 is 0. The van der Waals surface area contributed by atoms with Crippen LogP contribution in [0, 0.1) is 17.8 Å². The number of carbonyl (C=O) groups is 1. The molecule has 4 nitrogen and oxygen atoms in total. The van der Waals surface area contributed by atoms with E-state index in [0.717, 1.165) is 38.5 Å². The molecule has 0 spiro atoms. The number of nitrogens with one attached hydrogen (secondary N) is 1. The van der Waals surface area contributed by atoms with Gasteiger partial charge in [0.15, 0.2) is 0 Å². The van der Waals surface area contributed by atoms with E-state index in [1.807, 2.05) is 0 Å². The zero-order valence-electron chi connectivity index (χ0n) is 11.1. The molecule has 0 aromatic heterocycles. The lowest BCUT2D eigenvalue weighted by molar-refractivity contribution is -0.126. The zero-order chi connectivity index (χ0) is 13.0. The first-order chi connectivity index (χ1) is 8.72. The summed E-state index contributed by atoms with van der Waals surface area (Å²) in [5.41, 5.74) is 5.70. The second-order valence-corrected chi connectivity index (χ2v) is 5.89. The van der Waals surface area contributed by atoms with Gasteiger partial charge in [-0.2, -0.15) is 0 Å². The minimum atomic E-state index is -0.229. The molecule has 0 heterocycles. The highest BCUT2D eigenvalue weighted by molar-refractivity contribution is 5.79. The Bertz CT molecular complexity index is 283. The van der Waals surface area contributed by atoms with E-state index in [2.05, 4.69) is 5.32 Å². The summed E-state index contributed by atoms with van der Waals surface area (Å²) in [6, 6.07) is 0. The van der Waals surface area contributed by atoms with Crippen molar-refractivity contribution in [3.63, 3.8) is 0 Å². The first-order valence-corrected chi connectivity index (χ1v) is 7.38. The molecular formula is C14H26N2O2. The summed E-state index contributed by atoms with van der Waals surface area (Å²) in [6.07, 6.45) is 7.15. The lowest BCUT2D eigenvalue weighted by atomic mass is 9.86. The fourth-order valence-electron chi connectivity index (χ4n) is 3.45. The maximum Gasteiger partial charge on any atom is 0.223 e. The van der Waals surface area contributed by atoms with Gasteiger partial charge >= 0.3 is 0 Å². The number of rotatable bonds is 4. The summed E-state index contributed by atoms with van der Waals surface area (Å²) in [6.45, 7) is 1.25. The molecule has 0 bridgehead atoms. The van der Waals surface area contributed by atoms with Gasteiger partial charge < -0.3 is 16.2 Å². The number of hydrogen-bond acceptors (Lipinski definition) is 3. The van der Waals surface area contributed by atoms with Crippen LogP contribution in [-0.4, -0.2) is 30.2 Å². The molecule has 0 aromatic rings. The van der Waals surface area contributed by atoms with Crippen molar-refractivity contribution in [2.24, 2.45) is 23.5 Å². The van der Waals surface area contributed by atoms with Gasteiger partial charge in [-0.3, -0.25) is 4.79 Å². The number of aliphatic hydroxyl groups excluding tert-OH is 1. The summed E-state index contributed by atoms with van der Waals surface area (Å²) in [5.74, 6) is 0.873. The van der Waals surface area contributed by atoms with Crippen LogP contribution >= 0.6 is 0 Å². The molecule has 0 aromatic carbocycles. The van der Waals surface area contributed by atoms with Crippen LogP contribution in [0.1, 0.15) is 44.9 Å². The molecule has 18 heavy (non-hydrogen) atoms. The third-order valence-corrected chi connectivity index (χ3v) is 4.71. The topological polar surface area (TPSA) is 75.4 Å². The molecule has 2 rings (SSSR count). The zero-order valence-corrected chi connectivity index (χ0v) is 11.1. The average Bonchev–Trinajstić information content (AvgIpc) is 2.86. The third-order valence-electron chi connectivity index (χ3n) is 4.71. The van der Waals surface area contributed by atoms with Gasteiger partial charge in [-0.1, -0.05) is 19.3 Å². The van der Waals surface area contributed by atoms with Crippen LogP contribution in [0.3, 0.4) is 0 Å². The van der Waals surface area contributed by atoms with Crippen LogP contribution in [0.15, 0.2) is 0 Å². The van der Waals surface area contributed by atoms with Crippen LogP contribution in [0.25, 0.3) is 0 Å². The van der Waals surface area contributed by atoms with Crippen LogP contribution in [0.2, 0.25) is 0 Å². The molecule has 1 amide bonds. The minimum Gasteiger partial charge on any atom is -0.393 e. The molecule has 0 radical (unpaired) electrons. The number of carbonyl (C=O) groups excluding carboxylic acids is 1. The van der Waals surface area contributed by atoms with E-state index in [1.165, 1.54) is 6.42 Å². The van der Waals surface area contributed by atoms with Crippen LogP contribution in [0.5, 0.6) is 0 Å². The highest BCUT2D eigenvalue weighted by atomic mass is 16.3.